The SMILES string of the molecule is C=C/C=C\C=C(/C)CC(=O)Nc1cncc(-c2ccc3[nH]nc(-c4nc5c(-c6ccc(F)cc6)cccc5[nH]4)c3c2)c1. The number of amides is 1. The zero-order chi connectivity index (χ0) is 29.1. The van der Waals surface area contributed by atoms with Gasteiger partial charge in [0.25, 0.3) is 0 Å². The standard InChI is InChI=1S/C34H27FN6O/c1-3-4-5-7-21(2)16-31(42)37-26-17-24(19-36-20-26)23-12-15-29-28(18-23)33(41-40-29)34-38-30-9-6-8-27(32(30)39-34)22-10-13-25(35)14-11-22/h3-15,17-20H,1,16H2,2H3,(H,37,42)(H,38,39)(H,40,41)/b5-4-,21-7+. The summed E-state index contributed by atoms with van der Waals surface area (Å²) in [7, 11) is 0. The number of aromatic amines is 2. The van der Waals surface area contributed by atoms with Crippen molar-refractivity contribution in [2.75, 3.05) is 5.32 Å². The Balaban J connectivity index is 1.30. The molecule has 7 nitrogen and oxygen atoms in total. The third-order valence-corrected chi connectivity index (χ3v) is 6.88. The highest BCUT2D eigenvalue weighted by atomic mass is 19.1. The summed E-state index contributed by atoms with van der Waals surface area (Å²) in [4.78, 5) is 25.2. The van der Waals surface area contributed by atoms with Crippen molar-refractivity contribution in [1.29, 1.82) is 0 Å². The van der Waals surface area contributed by atoms with Crippen molar-refractivity contribution in [1.82, 2.24) is 25.1 Å². The lowest BCUT2D eigenvalue weighted by molar-refractivity contribution is -0.115. The van der Waals surface area contributed by atoms with Crippen LogP contribution in [0.15, 0.2) is 116 Å². The summed E-state index contributed by atoms with van der Waals surface area (Å²) in [6, 6.07) is 20.1. The molecule has 3 N–H and O–H groups in total. The minimum absolute atomic E-state index is 0.118. The largest absolute Gasteiger partial charge is 0.337 e. The molecule has 0 aliphatic carbocycles. The van der Waals surface area contributed by atoms with E-state index in [2.05, 4.69) is 32.1 Å². The molecule has 42 heavy (non-hydrogen) atoms. The Morgan fingerprint density at radius 2 is 1.81 bits per heavy atom. The summed E-state index contributed by atoms with van der Waals surface area (Å²) in [5, 5.41) is 11.5. The number of carbonyl (C=O) groups excluding carboxylic acids is 1. The predicted molar refractivity (Wildman–Crippen MR) is 166 cm³/mol. The number of nitrogens with zero attached hydrogens (tertiary/aromatic N) is 3. The molecular weight excluding hydrogens is 527 g/mol. The van der Waals surface area contributed by atoms with Crippen LogP contribution in [0, 0.1) is 5.82 Å². The van der Waals surface area contributed by atoms with Crippen molar-refractivity contribution >= 4 is 33.5 Å². The lowest BCUT2D eigenvalue weighted by Gasteiger charge is -2.08. The monoisotopic (exact) mass is 554 g/mol. The number of imidazole rings is 1. The number of aromatic nitrogens is 5. The number of rotatable bonds is 8. The van der Waals surface area contributed by atoms with E-state index in [0.717, 1.165) is 49.8 Å². The highest BCUT2D eigenvalue weighted by molar-refractivity contribution is 5.98. The first-order valence-electron chi connectivity index (χ1n) is 13.4. The second kappa shape index (κ2) is 11.5. The number of carbonyl (C=O) groups is 1. The fourth-order valence-corrected chi connectivity index (χ4v) is 4.86. The molecule has 8 heteroatoms. The van der Waals surface area contributed by atoms with Gasteiger partial charge in [0.05, 0.1) is 28.4 Å². The number of pyridine rings is 1. The van der Waals surface area contributed by atoms with Crippen molar-refractivity contribution in [2.24, 2.45) is 0 Å². The van der Waals surface area contributed by atoms with Crippen LogP contribution in [0.5, 0.6) is 0 Å². The van der Waals surface area contributed by atoms with Gasteiger partial charge in [-0.05, 0) is 54.4 Å². The molecule has 0 spiro atoms. The molecule has 6 aromatic rings. The summed E-state index contributed by atoms with van der Waals surface area (Å²) in [6.45, 7) is 5.55. The molecule has 0 aliphatic rings. The summed E-state index contributed by atoms with van der Waals surface area (Å²) in [5.74, 6) is 0.219. The molecule has 0 saturated carbocycles. The smallest absolute Gasteiger partial charge is 0.228 e. The van der Waals surface area contributed by atoms with Crippen LogP contribution in [-0.4, -0.2) is 31.1 Å². The molecule has 0 aliphatic heterocycles. The van der Waals surface area contributed by atoms with Gasteiger partial charge in [0.2, 0.25) is 5.91 Å². The normalized spacial score (nSPS) is 11.9. The zero-order valence-corrected chi connectivity index (χ0v) is 22.9. The van der Waals surface area contributed by atoms with Gasteiger partial charge in [-0.1, -0.05) is 66.8 Å². The van der Waals surface area contributed by atoms with Crippen molar-refractivity contribution < 1.29 is 9.18 Å². The van der Waals surface area contributed by atoms with Crippen LogP contribution in [0.1, 0.15) is 13.3 Å². The van der Waals surface area contributed by atoms with E-state index in [4.69, 9.17) is 4.98 Å². The molecule has 1 amide bonds. The Kier molecular flexibility index (Phi) is 7.26. The number of halogens is 1. The van der Waals surface area contributed by atoms with Gasteiger partial charge in [0, 0.05) is 29.1 Å². The lowest BCUT2D eigenvalue weighted by Crippen LogP contribution is -2.11. The fourth-order valence-electron chi connectivity index (χ4n) is 4.86. The van der Waals surface area contributed by atoms with E-state index >= 15 is 0 Å². The molecule has 206 valence electrons. The van der Waals surface area contributed by atoms with Crippen LogP contribution in [0.2, 0.25) is 0 Å². The number of anilines is 1. The second-order valence-corrected chi connectivity index (χ2v) is 9.95. The zero-order valence-electron chi connectivity index (χ0n) is 22.9. The number of hydrogen-bond donors (Lipinski definition) is 3. The lowest BCUT2D eigenvalue weighted by atomic mass is 10.0. The molecular formula is C34H27FN6O. The quantitative estimate of drug-likeness (QED) is 0.166. The van der Waals surface area contributed by atoms with Crippen molar-refractivity contribution in [3.8, 4) is 33.8 Å². The van der Waals surface area contributed by atoms with E-state index in [1.165, 1.54) is 12.1 Å². The Morgan fingerprint density at radius 1 is 0.976 bits per heavy atom. The van der Waals surface area contributed by atoms with Crippen LogP contribution in [0.25, 0.3) is 55.7 Å². The number of H-pyrrole nitrogens is 2. The fraction of sp³-hybridized carbons (Fsp3) is 0.0588. The van der Waals surface area contributed by atoms with Gasteiger partial charge < -0.3 is 10.3 Å². The third-order valence-electron chi connectivity index (χ3n) is 6.88. The van der Waals surface area contributed by atoms with E-state index in [1.54, 1.807) is 30.6 Å². The first-order valence-corrected chi connectivity index (χ1v) is 13.4. The maximum atomic E-state index is 13.5. The van der Waals surface area contributed by atoms with Crippen LogP contribution in [0.3, 0.4) is 0 Å². The van der Waals surface area contributed by atoms with Gasteiger partial charge >= 0.3 is 0 Å². The van der Waals surface area contributed by atoms with Gasteiger partial charge in [0.15, 0.2) is 5.82 Å². The number of hydrogen-bond acceptors (Lipinski definition) is 4. The predicted octanol–water partition coefficient (Wildman–Crippen LogP) is 7.99. The van der Waals surface area contributed by atoms with Crippen LogP contribution < -0.4 is 5.32 Å². The molecule has 0 unspecified atom stereocenters. The van der Waals surface area contributed by atoms with Gasteiger partial charge in [-0.15, -0.1) is 0 Å². The summed E-state index contributed by atoms with van der Waals surface area (Å²) in [5.41, 5.74) is 8.27. The van der Waals surface area contributed by atoms with E-state index in [-0.39, 0.29) is 18.1 Å². The van der Waals surface area contributed by atoms with E-state index in [0.29, 0.717) is 17.2 Å². The van der Waals surface area contributed by atoms with Crippen molar-refractivity contribution in [3.05, 3.63) is 121 Å². The highest BCUT2D eigenvalue weighted by Crippen LogP contribution is 2.33. The summed E-state index contributed by atoms with van der Waals surface area (Å²) in [6.07, 6.45) is 10.9. The third kappa shape index (κ3) is 5.51. The number of nitrogens with one attached hydrogen (secondary N) is 3. The maximum Gasteiger partial charge on any atom is 0.228 e. The summed E-state index contributed by atoms with van der Waals surface area (Å²) < 4.78 is 13.5. The van der Waals surface area contributed by atoms with Crippen molar-refractivity contribution in [3.63, 3.8) is 0 Å². The Morgan fingerprint density at radius 3 is 2.64 bits per heavy atom. The molecule has 3 aromatic heterocycles. The molecule has 0 radical (unpaired) electrons. The number of fused-ring (bicyclic) bond motifs is 2. The molecule has 0 atom stereocenters. The van der Waals surface area contributed by atoms with Gasteiger partial charge in [-0.25, -0.2) is 9.37 Å². The average Bonchev–Trinajstić information content (AvgIpc) is 3.61. The van der Waals surface area contributed by atoms with Crippen molar-refractivity contribution in [2.45, 2.75) is 13.3 Å². The molecule has 0 bridgehead atoms. The molecule has 0 fully saturated rings. The van der Waals surface area contributed by atoms with Crippen LogP contribution in [0.4, 0.5) is 10.1 Å². The van der Waals surface area contributed by atoms with E-state index < -0.39 is 0 Å². The molecule has 6 rings (SSSR count). The van der Waals surface area contributed by atoms with Crippen LogP contribution in [-0.2, 0) is 4.79 Å². The minimum Gasteiger partial charge on any atom is -0.337 e. The molecule has 3 aromatic carbocycles. The first kappa shape index (κ1) is 26.6. The average molecular weight is 555 g/mol. The highest BCUT2D eigenvalue weighted by Gasteiger charge is 2.16. The van der Waals surface area contributed by atoms with E-state index in [9.17, 15) is 9.18 Å². The molecule has 0 saturated heterocycles. The minimum atomic E-state index is -0.282. The maximum absolute atomic E-state index is 13.5. The Hall–Kier alpha value is -5.63. The van der Waals surface area contributed by atoms with Gasteiger partial charge in [-0.3, -0.25) is 14.9 Å². The topological polar surface area (TPSA) is 99.3 Å². The van der Waals surface area contributed by atoms with Crippen LogP contribution >= 0.6 is 0 Å². The first-order chi connectivity index (χ1) is 20.5. The van der Waals surface area contributed by atoms with Gasteiger partial charge in [0.1, 0.15) is 11.5 Å². The number of para-hydroxylation sites is 1. The Labute approximate surface area is 241 Å². The van der Waals surface area contributed by atoms with Gasteiger partial charge in [-0.2, -0.15) is 5.10 Å². The number of benzene rings is 3. The molecule has 3 heterocycles. The second-order valence-electron chi connectivity index (χ2n) is 9.95. The van der Waals surface area contributed by atoms with E-state index in [1.807, 2.05) is 67.6 Å². The number of allylic oxidation sites excluding steroid dienone is 4. The Bertz CT molecular complexity index is 2000. The summed E-state index contributed by atoms with van der Waals surface area (Å²) >= 11 is 0.